The predicted molar refractivity (Wildman–Crippen MR) is 82.9 cm³/mol. The molecule has 1 amide bonds. The Morgan fingerprint density at radius 2 is 2.17 bits per heavy atom. The van der Waals surface area contributed by atoms with Crippen molar-refractivity contribution >= 4 is 12.4 Å². The first kappa shape index (κ1) is 17.7. The van der Waals surface area contributed by atoms with Crippen LogP contribution in [-0.2, 0) is 15.0 Å². The normalized spacial score (nSPS) is 16.2. The molecular formula is C17H19FN2O4. The molecule has 1 saturated heterocycles. The van der Waals surface area contributed by atoms with E-state index >= 15 is 0 Å². The summed E-state index contributed by atoms with van der Waals surface area (Å²) in [4.78, 5) is 23.0. The molecule has 1 aromatic carbocycles. The van der Waals surface area contributed by atoms with Crippen LogP contribution < -0.4 is 4.74 Å². The van der Waals surface area contributed by atoms with Crippen LogP contribution in [0.3, 0.4) is 0 Å². The first-order chi connectivity index (χ1) is 11.5. The van der Waals surface area contributed by atoms with Crippen LogP contribution in [0.25, 0.3) is 0 Å². The Bertz CT molecular complexity index is 648. The Balaban J connectivity index is 2.20. The molecule has 0 radical (unpaired) electrons. The van der Waals surface area contributed by atoms with Gasteiger partial charge in [0.05, 0.1) is 18.1 Å². The number of ether oxygens (including phenoxy) is 1. The second kappa shape index (κ2) is 7.77. The molecule has 1 heterocycles. The number of piperidine rings is 1. The fourth-order valence-corrected chi connectivity index (χ4v) is 2.86. The number of carboxylic acid groups (broad SMARTS) is 1. The fraction of sp³-hybridized carbons (Fsp3) is 0.471. The van der Waals surface area contributed by atoms with Crippen molar-refractivity contribution in [2.24, 2.45) is 0 Å². The number of amides is 1. The molecule has 1 aromatic rings. The second-order valence-corrected chi connectivity index (χ2v) is 5.82. The Kier molecular flexibility index (Phi) is 5.74. The summed E-state index contributed by atoms with van der Waals surface area (Å²) in [5.74, 6) is -0.981. The molecule has 0 saturated carbocycles. The Labute approximate surface area is 139 Å². The van der Waals surface area contributed by atoms with Crippen molar-refractivity contribution in [3.05, 3.63) is 29.6 Å². The highest BCUT2D eigenvalue weighted by molar-refractivity contribution is 5.66. The summed E-state index contributed by atoms with van der Waals surface area (Å²) in [6.07, 6.45) is 1.85. The third-order valence-corrected chi connectivity index (χ3v) is 4.26. The average Bonchev–Trinajstić information content (AvgIpc) is 2.59. The fourth-order valence-electron chi connectivity index (χ4n) is 2.86. The van der Waals surface area contributed by atoms with Crippen LogP contribution in [0.2, 0.25) is 0 Å². The highest BCUT2D eigenvalue weighted by Gasteiger charge is 2.38. The monoisotopic (exact) mass is 334 g/mol. The number of aliphatic carboxylic acids is 1. The quantitative estimate of drug-likeness (QED) is 0.609. The van der Waals surface area contributed by atoms with Crippen LogP contribution in [-0.4, -0.2) is 42.1 Å². The number of nitrogens with zero attached hydrogens (tertiary/aromatic N) is 2. The maximum absolute atomic E-state index is 13.7. The molecule has 0 aromatic heterocycles. The maximum atomic E-state index is 13.7. The van der Waals surface area contributed by atoms with Crippen LogP contribution in [0.15, 0.2) is 18.2 Å². The minimum Gasteiger partial charge on any atom is -0.493 e. The lowest BCUT2D eigenvalue weighted by atomic mass is 9.73. The van der Waals surface area contributed by atoms with Gasteiger partial charge in [0.2, 0.25) is 6.41 Å². The highest BCUT2D eigenvalue weighted by Crippen LogP contribution is 2.40. The summed E-state index contributed by atoms with van der Waals surface area (Å²) in [7, 11) is 0. The zero-order chi connectivity index (χ0) is 17.6. The van der Waals surface area contributed by atoms with E-state index in [9.17, 15) is 19.2 Å². The number of hydrogen-bond donors (Lipinski definition) is 1. The van der Waals surface area contributed by atoms with Crippen molar-refractivity contribution in [1.29, 1.82) is 5.26 Å². The lowest BCUT2D eigenvalue weighted by Crippen LogP contribution is -2.41. The molecule has 1 aliphatic heterocycles. The molecule has 6 nitrogen and oxygen atoms in total. The van der Waals surface area contributed by atoms with E-state index in [1.807, 2.05) is 0 Å². The van der Waals surface area contributed by atoms with Gasteiger partial charge in [0.15, 0.2) is 0 Å². The second-order valence-electron chi connectivity index (χ2n) is 5.82. The van der Waals surface area contributed by atoms with Crippen molar-refractivity contribution < 1.29 is 23.8 Å². The number of carboxylic acids is 1. The molecule has 7 heteroatoms. The van der Waals surface area contributed by atoms with Crippen LogP contribution in [0, 0.1) is 17.1 Å². The molecule has 24 heavy (non-hydrogen) atoms. The number of nitriles is 1. The van der Waals surface area contributed by atoms with Gasteiger partial charge in [0, 0.05) is 25.1 Å². The summed E-state index contributed by atoms with van der Waals surface area (Å²) in [5.41, 5.74) is -0.449. The minimum atomic E-state index is -0.913. The van der Waals surface area contributed by atoms with Gasteiger partial charge in [0.1, 0.15) is 11.6 Å². The lowest BCUT2D eigenvalue weighted by Gasteiger charge is -2.36. The Morgan fingerprint density at radius 1 is 1.46 bits per heavy atom. The third-order valence-electron chi connectivity index (χ3n) is 4.26. The predicted octanol–water partition coefficient (Wildman–Crippen LogP) is 2.08. The SMILES string of the molecule is N#CC1(c2cc(F)ccc2OCCCC(=O)O)CCN(C=O)CC1. The summed E-state index contributed by atoms with van der Waals surface area (Å²) >= 11 is 0. The number of halogens is 1. The molecule has 0 spiro atoms. The van der Waals surface area contributed by atoms with Crippen LogP contribution in [0.5, 0.6) is 5.75 Å². The Morgan fingerprint density at radius 3 is 2.75 bits per heavy atom. The Hall–Kier alpha value is -2.62. The third kappa shape index (κ3) is 4.02. The number of carbonyl (C=O) groups excluding carboxylic acids is 1. The first-order valence-electron chi connectivity index (χ1n) is 7.76. The van der Waals surface area contributed by atoms with E-state index in [1.54, 1.807) is 4.90 Å². The van der Waals surface area contributed by atoms with Gasteiger partial charge in [-0.2, -0.15) is 5.26 Å². The van der Waals surface area contributed by atoms with Crippen molar-refractivity contribution in [3.63, 3.8) is 0 Å². The maximum Gasteiger partial charge on any atom is 0.303 e. The summed E-state index contributed by atoms with van der Waals surface area (Å²) in [6.45, 7) is 1.02. The molecule has 0 atom stereocenters. The summed E-state index contributed by atoms with van der Waals surface area (Å²) in [5, 5.41) is 18.4. The average molecular weight is 334 g/mol. The topological polar surface area (TPSA) is 90.6 Å². The molecule has 1 aliphatic rings. The number of hydrogen-bond acceptors (Lipinski definition) is 4. The van der Waals surface area contributed by atoms with E-state index in [0.717, 1.165) is 6.41 Å². The number of rotatable bonds is 7. The van der Waals surface area contributed by atoms with Gasteiger partial charge in [-0.1, -0.05) is 0 Å². The molecule has 1 fully saturated rings. The van der Waals surface area contributed by atoms with Gasteiger partial charge < -0.3 is 14.7 Å². The largest absolute Gasteiger partial charge is 0.493 e. The van der Waals surface area contributed by atoms with E-state index in [0.29, 0.717) is 43.7 Å². The smallest absolute Gasteiger partial charge is 0.303 e. The number of likely N-dealkylation sites (tertiary alicyclic amines) is 1. The minimum absolute atomic E-state index is 0.0196. The van der Waals surface area contributed by atoms with Crippen LogP contribution >= 0.6 is 0 Å². The van der Waals surface area contributed by atoms with E-state index in [2.05, 4.69) is 6.07 Å². The molecule has 2 rings (SSSR count). The summed E-state index contributed by atoms with van der Waals surface area (Å²) in [6, 6.07) is 6.29. The van der Waals surface area contributed by atoms with Gasteiger partial charge in [-0.15, -0.1) is 0 Å². The van der Waals surface area contributed by atoms with Crippen molar-refractivity contribution in [1.82, 2.24) is 4.90 Å². The first-order valence-corrected chi connectivity index (χ1v) is 7.76. The van der Waals surface area contributed by atoms with Crippen molar-refractivity contribution in [2.75, 3.05) is 19.7 Å². The molecule has 128 valence electrons. The van der Waals surface area contributed by atoms with Crippen molar-refractivity contribution in [2.45, 2.75) is 31.1 Å². The zero-order valence-electron chi connectivity index (χ0n) is 13.2. The number of benzene rings is 1. The summed E-state index contributed by atoms with van der Waals surface area (Å²) < 4.78 is 19.3. The van der Waals surface area contributed by atoms with E-state index in [-0.39, 0.29) is 13.0 Å². The highest BCUT2D eigenvalue weighted by atomic mass is 19.1. The molecule has 0 aliphatic carbocycles. The van der Waals surface area contributed by atoms with E-state index in [1.165, 1.54) is 18.2 Å². The molecule has 0 unspecified atom stereocenters. The van der Waals surface area contributed by atoms with Gasteiger partial charge in [0.25, 0.3) is 0 Å². The standard InChI is InChI=1S/C17H19FN2O4/c18-13-3-4-15(24-9-1-2-16(22)23)14(10-13)17(11-19)5-7-20(12-21)8-6-17/h3-4,10,12H,1-2,5-9H2,(H,22,23). The van der Waals surface area contributed by atoms with E-state index in [4.69, 9.17) is 9.84 Å². The van der Waals surface area contributed by atoms with Crippen LogP contribution in [0.1, 0.15) is 31.2 Å². The molecule has 1 N–H and O–H groups in total. The van der Waals surface area contributed by atoms with Gasteiger partial charge in [-0.25, -0.2) is 4.39 Å². The van der Waals surface area contributed by atoms with Crippen LogP contribution in [0.4, 0.5) is 4.39 Å². The lowest BCUT2D eigenvalue weighted by molar-refractivity contribution is -0.137. The molecular weight excluding hydrogens is 315 g/mol. The molecule has 0 bridgehead atoms. The number of carbonyl (C=O) groups is 2. The van der Waals surface area contributed by atoms with Gasteiger partial charge in [-0.3, -0.25) is 9.59 Å². The van der Waals surface area contributed by atoms with Gasteiger partial charge in [-0.05, 0) is 37.5 Å². The zero-order valence-corrected chi connectivity index (χ0v) is 13.2. The van der Waals surface area contributed by atoms with Crippen molar-refractivity contribution in [3.8, 4) is 11.8 Å². The van der Waals surface area contributed by atoms with E-state index < -0.39 is 17.2 Å². The van der Waals surface area contributed by atoms with Gasteiger partial charge >= 0.3 is 5.97 Å².